The largest absolute Gasteiger partial charge is 0.505 e. The van der Waals surface area contributed by atoms with Crippen molar-refractivity contribution in [2.45, 2.75) is 6.54 Å². The van der Waals surface area contributed by atoms with E-state index >= 15 is 0 Å². The van der Waals surface area contributed by atoms with Crippen LogP contribution in [0.4, 0.5) is 5.69 Å². The summed E-state index contributed by atoms with van der Waals surface area (Å²) >= 11 is 11.7. The molecule has 1 heterocycles. The van der Waals surface area contributed by atoms with Crippen molar-refractivity contribution >= 4 is 28.9 Å². The van der Waals surface area contributed by atoms with Crippen molar-refractivity contribution in [3.63, 3.8) is 0 Å². The minimum atomic E-state index is -0.111. The highest BCUT2D eigenvalue weighted by atomic mass is 35.5. The highest BCUT2D eigenvalue weighted by Gasteiger charge is 2.06. The Morgan fingerprint density at radius 3 is 2.47 bits per heavy atom. The van der Waals surface area contributed by atoms with Gasteiger partial charge in [-0.1, -0.05) is 29.3 Å². The molecule has 2 rings (SSSR count). The number of nitrogens with one attached hydrogen (secondary N) is 1. The molecular formula is C13H12Cl2N2O2. The van der Waals surface area contributed by atoms with Crippen LogP contribution < -0.4 is 10.1 Å². The number of methoxy groups -OCH3 is 1. The number of benzene rings is 1. The molecule has 2 aromatic rings. The fourth-order valence-corrected chi connectivity index (χ4v) is 2.00. The molecule has 0 fully saturated rings. The molecule has 0 atom stereocenters. The van der Waals surface area contributed by atoms with Crippen LogP contribution in [0.3, 0.4) is 0 Å². The summed E-state index contributed by atoms with van der Waals surface area (Å²) in [6.07, 6.45) is 1.72. The third-order valence-corrected chi connectivity index (χ3v) is 3.10. The Bertz CT molecular complexity index is 550. The van der Waals surface area contributed by atoms with Crippen molar-refractivity contribution in [3.05, 3.63) is 46.1 Å². The second-order valence-corrected chi connectivity index (χ2v) is 4.67. The summed E-state index contributed by atoms with van der Waals surface area (Å²) in [5.41, 5.74) is 1.71. The fraction of sp³-hybridized carbons (Fsp3) is 0.154. The van der Waals surface area contributed by atoms with Gasteiger partial charge in [0.1, 0.15) is 0 Å². The second kappa shape index (κ2) is 5.99. The lowest BCUT2D eigenvalue weighted by atomic mass is 10.2. The van der Waals surface area contributed by atoms with E-state index in [2.05, 4.69) is 10.3 Å². The molecule has 0 radical (unpaired) electrons. The summed E-state index contributed by atoms with van der Waals surface area (Å²) in [5.74, 6) is 0.458. The van der Waals surface area contributed by atoms with Gasteiger partial charge in [0, 0.05) is 24.5 Å². The van der Waals surface area contributed by atoms with Crippen LogP contribution in [-0.4, -0.2) is 17.2 Å². The Morgan fingerprint density at radius 2 is 1.95 bits per heavy atom. The molecule has 0 aliphatic rings. The molecule has 1 aromatic carbocycles. The van der Waals surface area contributed by atoms with E-state index in [1.54, 1.807) is 31.5 Å². The maximum atomic E-state index is 9.46. The standard InChI is InChI=1S/C13H12Cl2N2O2/c1-19-12-3-2-8(7-17-12)6-16-9-4-10(14)13(18)11(15)5-9/h2-5,7,16,18H,6H2,1H3. The molecule has 4 nitrogen and oxygen atoms in total. The van der Waals surface area contributed by atoms with Gasteiger partial charge >= 0.3 is 0 Å². The van der Waals surface area contributed by atoms with Crippen molar-refractivity contribution in [1.82, 2.24) is 4.98 Å². The highest BCUT2D eigenvalue weighted by molar-refractivity contribution is 6.37. The van der Waals surface area contributed by atoms with E-state index in [0.717, 1.165) is 11.3 Å². The number of phenolic OH excluding ortho intramolecular Hbond substituents is 1. The molecule has 0 saturated heterocycles. The van der Waals surface area contributed by atoms with Crippen LogP contribution in [0.5, 0.6) is 11.6 Å². The van der Waals surface area contributed by atoms with E-state index in [1.165, 1.54) is 0 Å². The number of anilines is 1. The highest BCUT2D eigenvalue weighted by Crippen LogP contribution is 2.34. The SMILES string of the molecule is COc1ccc(CNc2cc(Cl)c(O)c(Cl)c2)cn1. The van der Waals surface area contributed by atoms with Crippen LogP contribution >= 0.6 is 23.2 Å². The molecule has 0 spiro atoms. The monoisotopic (exact) mass is 298 g/mol. The number of rotatable bonds is 4. The van der Waals surface area contributed by atoms with Crippen LogP contribution in [0.25, 0.3) is 0 Å². The topological polar surface area (TPSA) is 54.4 Å². The van der Waals surface area contributed by atoms with Crippen LogP contribution in [-0.2, 0) is 6.54 Å². The lowest BCUT2D eigenvalue weighted by Gasteiger charge is -2.09. The first-order valence-electron chi connectivity index (χ1n) is 5.51. The molecule has 0 bridgehead atoms. The van der Waals surface area contributed by atoms with Gasteiger partial charge in [-0.2, -0.15) is 0 Å². The van der Waals surface area contributed by atoms with E-state index in [1.807, 2.05) is 6.07 Å². The zero-order valence-corrected chi connectivity index (χ0v) is 11.7. The van der Waals surface area contributed by atoms with Gasteiger partial charge in [-0.25, -0.2) is 4.98 Å². The molecule has 0 aliphatic heterocycles. The van der Waals surface area contributed by atoms with Crippen LogP contribution in [0, 0.1) is 0 Å². The van der Waals surface area contributed by atoms with Gasteiger partial charge < -0.3 is 15.2 Å². The Balaban J connectivity index is 2.05. The molecular weight excluding hydrogens is 287 g/mol. The number of aromatic hydroxyl groups is 1. The van der Waals surface area contributed by atoms with Crippen molar-refractivity contribution in [3.8, 4) is 11.6 Å². The minimum Gasteiger partial charge on any atom is -0.505 e. The predicted molar refractivity (Wildman–Crippen MR) is 76.2 cm³/mol. The molecule has 0 unspecified atom stereocenters. The molecule has 2 N–H and O–H groups in total. The summed E-state index contributed by atoms with van der Waals surface area (Å²) in [7, 11) is 1.57. The number of aromatic nitrogens is 1. The third-order valence-electron chi connectivity index (χ3n) is 2.52. The Hall–Kier alpha value is -1.65. The predicted octanol–water partition coefficient (Wildman–Crippen LogP) is 3.71. The van der Waals surface area contributed by atoms with Crippen LogP contribution in [0.15, 0.2) is 30.5 Å². The van der Waals surface area contributed by atoms with E-state index in [0.29, 0.717) is 12.4 Å². The van der Waals surface area contributed by atoms with E-state index in [9.17, 15) is 5.11 Å². The molecule has 19 heavy (non-hydrogen) atoms. The smallest absolute Gasteiger partial charge is 0.212 e. The normalized spacial score (nSPS) is 10.3. The van der Waals surface area contributed by atoms with Crippen molar-refractivity contribution in [2.24, 2.45) is 0 Å². The van der Waals surface area contributed by atoms with Crippen LogP contribution in [0.2, 0.25) is 10.0 Å². The summed E-state index contributed by atoms with van der Waals surface area (Å²) < 4.78 is 4.98. The summed E-state index contributed by atoms with van der Waals surface area (Å²) in [6, 6.07) is 6.91. The van der Waals surface area contributed by atoms with Crippen molar-refractivity contribution in [1.29, 1.82) is 0 Å². The fourth-order valence-electron chi connectivity index (χ4n) is 1.51. The van der Waals surface area contributed by atoms with Gasteiger partial charge in [0.05, 0.1) is 17.2 Å². The average molecular weight is 299 g/mol. The van der Waals surface area contributed by atoms with Gasteiger partial charge in [-0.3, -0.25) is 0 Å². The Labute approximate surface area is 121 Å². The van der Waals surface area contributed by atoms with Crippen molar-refractivity contribution < 1.29 is 9.84 Å². The second-order valence-electron chi connectivity index (χ2n) is 3.85. The Kier molecular flexibility index (Phi) is 4.35. The third kappa shape index (κ3) is 3.43. The van der Waals surface area contributed by atoms with Crippen LogP contribution in [0.1, 0.15) is 5.56 Å². The first-order valence-corrected chi connectivity index (χ1v) is 6.26. The Morgan fingerprint density at radius 1 is 1.26 bits per heavy atom. The number of hydrogen-bond donors (Lipinski definition) is 2. The number of hydrogen-bond acceptors (Lipinski definition) is 4. The molecule has 1 aromatic heterocycles. The lowest BCUT2D eigenvalue weighted by molar-refractivity contribution is 0.397. The number of ether oxygens (including phenoxy) is 1. The van der Waals surface area contributed by atoms with E-state index in [4.69, 9.17) is 27.9 Å². The van der Waals surface area contributed by atoms with E-state index in [-0.39, 0.29) is 15.8 Å². The van der Waals surface area contributed by atoms with E-state index < -0.39 is 0 Å². The quantitative estimate of drug-likeness (QED) is 0.845. The average Bonchev–Trinajstić information content (AvgIpc) is 2.43. The molecule has 0 amide bonds. The summed E-state index contributed by atoms with van der Waals surface area (Å²) in [6.45, 7) is 0.564. The minimum absolute atomic E-state index is 0.111. The van der Waals surface area contributed by atoms with Crippen molar-refractivity contribution in [2.75, 3.05) is 12.4 Å². The van der Waals surface area contributed by atoms with Gasteiger partial charge in [0.25, 0.3) is 0 Å². The molecule has 6 heteroatoms. The zero-order chi connectivity index (χ0) is 13.8. The zero-order valence-electron chi connectivity index (χ0n) is 10.2. The van der Waals surface area contributed by atoms with Gasteiger partial charge in [0.15, 0.2) is 5.75 Å². The number of pyridine rings is 1. The van der Waals surface area contributed by atoms with Gasteiger partial charge in [-0.05, 0) is 17.7 Å². The lowest BCUT2D eigenvalue weighted by Crippen LogP contribution is -2.00. The molecule has 0 saturated carbocycles. The first-order chi connectivity index (χ1) is 9.10. The first kappa shape index (κ1) is 13.8. The molecule has 0 aliphatic carbocycles. The maximum absolute atomic E-state index is 9.46. The molecule has 100 valence electrons. The summed E-state index contributed by atoms with van der Waals surface area (Å²) in [4.78, 5) is 4.10. The maximum Gasteiger partial charge on any atom is 0.212 e. The van der Waals surface area contributed by atoms with Gasteiger partial charge in [0.2, 0.25) is 5.88 Å². The number of nitrogens with zero attached hydrogens (tertiary/aromatic N) is 1. The van der Waals surface area contributed by atoms with Gasteiger partial charge in [-0.15, -0.1) is 0 Å². The summed E-state index contributed by atoms with van der Waals surface area (Å²) in [5, 5.41) is 13.0. The number of halogens is 2. The number of phenols is 1.